The predicted molar refractivity (Wildman–Crippen MR) is 111 cm³/mol. The third-order valence-corrected chi connectivity index (χ3v) is 5.33. The lowest BCUT2D eigenvalue weighted by Gasteiger charge is -2.21. The van der Waals surface area contributed by atoms with E-state index >= 15 is 0 Å². The van der Waals surface area contributed by atoms with E-state index in [2.05, 4.69) is 27.4 Å². The summed E-state index contributed by atoms with van der Waals surface area (Å²) in [5.41, 5.74) is 1.83. The number of carbonyl (C=O) groups excluding carboxylic acids is 2. The van der Waals surface area contributed by atoms with E-state index in [1.165, 1.54) is 7.11 Å². The molecule has 1 aliphatic heterocycles. The minimum Gasteiger partial charge on any atom is -0.469 e. The molecule has 2 N–H and O–H groups in total. The van der Waals surface area contributed by atoms with Crippen LogP contribution in [0, 0.1) is 17.8 Å². The molecule has 1 aliphatic rings. The van der Waals surface area contributed by atoms with Crippen LogP contribution in [0.15, 0.2) is 29.3 Å². The molecule has 0 radical (unpaired) electrons. The van der Waals surface area contributed by atoms with Gasteiger partial charge in [-0.05, 0) is 30.0 Å². The van der Waals surface area contributed by atoms with Gasteiger partial charge < -0.3 is 20.3 Å². The molecule has 0 spiro atoms. The van der Waals surface area contributed by atoms with Crippen LogP contribution in [-0.4, -0.2) is 50.0 Å². The van der Waals surface area contributed by atoms with E-state index in [9.17, 15) is 9.59 Å². The highest BCUT2D eigenvalue weighted by Crippen LogP contribution is 2.24. The second-order valence-corrected chi connectivity index (χ2v) is 7.41. The van der Waals surface area contributed by atoms with Crippen LogP contribution in [0.3, 0.4) is 0 Å². The minimum absolute atomic E-state index is 0.0134. The summed E-state index contributed by atoms with van der Waals surface area (Å²) in [5.74, 6) is 0.680. The van der Waals surface area contributed by atoms with Crippen molar-refractivity contribution in [2.24, 2.45) is 22.7 Å². The number of nitrogens with one attached hydrogen (secondary N) is 2. The SMILES string of the molecule is CCC(C)C(=O)Nc1cccc(CNC(=NC)N2CC(C)C(C(=O)OC)C2)c1. The number of methoxy groups -OCH3 is 1. The number of rotatable bonds is 6. The van der Waals surface area contributed by atoms with E-state index in [1.54, 1.807) is 7.05 Å². The lowest BCUT2D eigenvalue weighted by molar-refractivity contribution is -0.146. The Balaban J connectivity index is 1.96. The van der Waals surface area contributed by atoms with E-state index in [4.69, 9.17) is 4.74 Å². The molecule has 1 amide bonds. The number of guanidine groups is 1. The molecule has 0 bridgehead atoms. The van der Waals surface area contributed by atoms with Gasteiger partial charge in [0.25, 0.3) is 0 Å². The van der Waals surface area contributed by atoms with E-state index in [1.807, 2.05) is 38.1 Å². The summed E-state index contributed by atoms with van der Waals surface area (Å²) in [5, 5.41) is 6.31. The molecule has 154 valence electrons. The third kappa shape index (κ3) is 5.47. The van der Waals surface area contributed by atoms with Crippen LogP contribution in [-0.2, 0) is 20.9 Å². The summed E-state index contributed by atoms with van der Waals surface area (Å²) in [7, 11) is 3.17. The number of aliphatic imine (C=N–C) groups is 1. The second kappa shape index (κ2) is 10.1. The zero-order valence-electron chi connectivity index (χ0n) is 17.5. The lowest BCUT2D eigenvalue weighted by atomic mass is 9.99. The van der Waals surface area contributed by atoms with Crippen molar-refractivity contribution in [2.75, 3.05) is 32.6 Å². The molecule has 7 nitrogen and oxygen atoms in total. The lowest BCUT2D eigenvalue weighted by Crippen LogP contribution is -2.40. The Kier molecular flexibility index (Phi) is 7.84. The Labute approximate surface area is 167 Å². The highest BCUT2D eigenvalue weighted by molar-refractivity contribution is 5.92. The summed E-state index contributed by atoms with van der Waals surface area (Å²) in [4.78, 5) is 30.4. The number of hydrogen-bond acceptors (Lipinski definition) is 4. The van der Waals surface area contributed by atoms with Gasteiger partial charge in [-0.15, -0.1) is 0 Å². The molecule has 0 aliphatic carbocycles. The first-order valence-corrected chi connectivity index (χ1v) is 9.82. The fourth-order valence-corrected chi connectivity index (χ4v) is 3.32. The standard InChI is InChI=1S/C21H32N4O3/c1-6-14(2)19(26)24-17-9-7-8-16(10-17)11-23-21(22-4)25-12-15(3)18(13-25)20(27)28-5/h7-10,14-15,18H,6,11-13H2,1-5H3,(H,22,23)(H,24,26). The quantitative estimate of drug-likeness (QED) is 0.444. The van der Waals surface area contributed by atoms with Gasteiger partial charge in [0.05, 0.1) is 13.0 Å². The summed E-state index contributed by atoms with van der Waals surface area (Å²) in [6, 6.07) is 7.78. The maximum absolute atomic E-state index is 12.1. The van der Waals surface area contributed by atoms with Crippen LogP contribution < -0.4 is 10.6 Å². The molecule has 0 saturated carbocycles. The fourth-order valence-electron chi connectivity index (χ4n) is 3.32. The smallest absolute Gasteiger partial charge is 0.310 e. The molecule has 7 heteroatoms. The van der Waals surface area contributed by atoms with Crippen LogP contribution in [0.5, 0.6) is 0 Å². The minimum atomic E-state index is -0.171. The number of ether oxygens (including phenoxy) is 1. The van der Waals surface area contributed by atoms with Crippen LogP contribution in [0.25, 0.3) is 0 Å². The normalized spacial score (nSPS) is 20.6. The Bertz CT molecular complexity index is 719. The van der Waals surface area contributed by atoms with Crippen molar-refractivity contribution in [1.29, 1.82) is 0 Å². The van der Waals surface area contributed by atoms with Crippen LogP contribution in [0.2, 0.25) is 0 Å². The topological polar surface area (TPSA) is 83.0 Å². The first-order chi connectivity index (χ1) is 13.4. The van der Waals surface area contributed by atoms with Gasteiger partial charge in [-0.2, -0.15) is 0 Å². The molecule has 3 atom stereocenters. The maximum Gasteiger partial charge on any atom is 0.310 e. The highest BCUT2D eigenvalue weighted by Gasteiger charge is 2.36. The van der Waals surface area contributed by atoms with E-state index < -0.39 is 0 Å². The summed E-state index contributed by atoms with van der Waals surface area (Å²) in [6.07, 6.45) is 0.810. The number of likely N-dealkylation sites (tertiary alicyclic amines) is 1. The Hall–Kier alpha value is -2.57. The number of amides is 1. The Morgan fingerprint density at radius 2 is 2.11 bits per heavy atom. The molecule has 0 aromatic heterocycles. The van der Waals surface area contributed by atoms with Crippen molar-refractivity contribution in [3.63, 3.8) is 0 Å². The summed E-state index contributed by atoms with van der Waals surface area (Å²) >= 11 is 0. The number of esters is 1. The van der Waals surface area contributed by atoms with Gasteiger partial charge in [-0.1, -0.05) is 32.9 Å². The first kappa shape index (κ1) is 21.7. The van der Waals surface area contributed by atoms with Gasteiger partial charge >= 0.3 is 5.97 Å². The predicted octanol–water partition coefficient (Wildman–Crippen LogP) is 2.49. The molecule has 1 heterocycles. The van der Waals surface area contributed by atoms with Crippen molar-refractivity contribution in [1.82, 2.24) is 10.2 Å². The molecule has 1 saturated heterocycles. The Morgan fingerprint density at radius 3 is 2.75 bits per heavy atom. The van der Waals surface area contributed by atoms with Gasteiger partial charge in [0, 0.05) is 38.3 Å². The van der Waals surface area contributed by atoms with Crippen molar-refractivity contribution in [2.45, 2.75) is 33.7 Å². The Morgan fingerprint density at radius 1 is 1.36 bits per heavy atom. The largest absolute Gasteiger partial charge is 0.469 e. The summed E-state index contributed by atoms with van der Waals surface area (Å²) in [6.45, 7) is 7.90. The van der Waals surface area contributed by atoms with Gasteiger partial charge in [-0.25, -0.2) is 0 Å². The van der Waals surface area contributed by atoms with Gasteiger partial charge in [-0.3, -0.25) is 14.6 Å². The molecule has 28 heavy (non-hydrogen) atoms. The van der Waals surface area contributed by atoms with E-state index in [0.29, 0.717) is 13.1 Å². The average Bonchev–Trinajstić information content (AvgIpc) is 3.08. The van der Waals surface area contributed by atoms with Crippen LogP contribution in [0.1, 0.15) is 32.8 Å². The van der Waals surface area contributed by atoms with E-state index in [-0.39, 0.29) is 29.6 Å². The highest BCUT2D eigenvalue weighted by atomic mass is 16.5. The third-order valence-electron chi connectivity index (χ3n) is 5.33. The molecular formula is C21H32N4O3. The van der Waals surface area contributed by atoms with Gasteiger partial charge in [0.1, 0.15) is 0 Å². The maximum atomic E-state index is 12.1. The molecule has 3 unspecified atom stereocenters. The molecule has 1 aromatic rings. The summed E-state index contributed by atoms with van der Waals surface area (Å²) < 4.78 is 4.90. The molecular weight excluding hydrogens is 356 g/mol. The van der Waals surface area contributed by atoms with Crippen molar-refractivity contribution in [3.8, 4) is 0 Å². The van der Waals surface area contributed by atoms with Crippen LogP contribution in [0.4, 0.5) is 5.69 Å². The zero-order chi connectivity index (χ0) is 20.7. The van der Waals surface area contributed by atoms with Crippen molar-refractivity contribution >= 4 is 23.5 Å². The number of benzene rings is 1. The average molecular weight is 389 g/mol. The number of hydrogen-bond donors (Lipinski definition) is 2. The van der Waals surface area contributed by atoms with Crippen molar-refractivity contribution in [3.05, 3.63) is 29.8 Å². The molecule has 1 fully saturated rings. The van der Waals surface area contributed by atoms with E-state index in [0.717, 1.165) is 30.2 Å². The second-order valence-electron chi connectivity index (χ2n) is 7.41. The zero-order valence-corrected chi connectivity index (χ0v) is 17.5. The van der Waals surface area contributed by atoms with Crippen molar-refractivity contribution < 1.29 is 14.3 Å². The fraction of sp³-hybridized carbons (Fsp3) is 0.571. The van der Waals surface area contributed by atoms with Crippen LogP contribution >= 0.6 is 0 Å². The monoisotopic (exact) mass is 388 g/mol. The number of nitrogens with zero attached hydrogens (tertiary/aromatic N) is 2. The number of carbonyl (C=O) groups is 2. The molecule has 2 rings (SSSR count). The molecule has 1 aromatic carbocycles. The van der Waals surface area contributed by atoms with Gasteiger partial charge in [0.15, 0.2) is 5.96 Å². The first-order valence-electron chi connectivity index (χ1n) is 9.82. The number of anilines is 1. The van der Waals surface area contributed by atoms with Gasteiger partial charge in [0.2, 0.25) is 5.91 Å².